The molecule has 0 unspecified atom stereocenters. The SMILES string of the molecule is Cc1sc(Br)cc1S(=O)(=O)Nc1nc2ccccc2s1. The summed E-state index contributed by atoms with van der Waals surface area (Å²) in [4.78, 5) is 5.31. The minimum Gasteiger partial charge on any atom is -0.255 e. The third-order valence-electron chi connectivity index (χ3n) is 2.65. The first kappa shape index (κ1) is 14.0. The second-order valence-electron chi connectivity index (χ2n) is 4.06. The monoisotopic (exact) mass is 388 g/mol. The zero-order valence-electron chi connectivity index (χ0n) is 10.3. The molecule has 8 heteroatoms. The molecule has 3 rings (SSSR count). The zero-order valence-corrected chi connectivity index (χ0v) is 14.3. The van der Waals surface area contributed by atoms with Crippen LogP contribution in [0.1, 0.15) is 4.88 Å². The molecule has 2 heterocycles. The Labute approximate surface area is 132 Å². The van der Waals surface area contributed by atoms with Crippen LogP contribution < -0.4 is 4.72 Å². The van der Waals surface area contributed by atoms with Crippen LogP contribution in [0, 0.1) is 6.92 Å². The van der Waals surface area contributed by atoms with Crippen molar-refractivity contribution >= 4 is 64.0 Å². The van der Waals surface area contributed by atoms with Gasteiger partial charge in [0.05, 0.1) is 14.0 Å². The number of hydrogen-bond donors (Lipinski definition) is 1. The summed E-state index contributed by atoms with van der Waals surface area (Å²) in [5.74, 6) is 0. The normalized spacial score (nSPS) is 11.9. The molecule has 0 amide bonds. The van der Waals surface area contributed by atoms with E-state index in [1.165, 1.54) is 22.7 Å². The highest BCUT2D eigenvalue weighted by molar-refractivity contribution is 9.11. The Morgan fingerprint density at radius 1 is 1.25 bits per heavy atom. The Hall–Kier alpha value is -0.960. The average molecular weight is 389 g/mol. The molecule has 0 aliphatic heterocycles. The summed E-state index contributed by atoms with van der Waals surface area (Å²) in [6, 6.07) is 9.16. The third kappa shape index (κ3) is 2.60. The van der Waals surface area contributed by atoms with E-state index < -0.39 is 10.0 Å². The van der Waals surface area contributed by atoms with E-state index in [4.69, 9.17) is 0 Å². The second-order valence-corrected chi connectivity index (χ2v) is 9.38. The van der Waals surface area contributed by atoms with Crippen LogP contribution in [-0.4, -0.2) is 13.4 Å². The Bertz CT molecular complexity index is 850. The highest BCUT2D eigenvalue weighted by Crippen LogP contribution is 2.32. The summed E-state index contributed by atoms with van der Waals surface area (Å²) in [7, 11) is -3.59. The van der Waals surface area contributed by atoms with Crippen LogP contribution in [-0.2, 0) is 10.0 Å². The molecular formula is C12H9BrN2O2S3. The summed E-state index contributed by atoms with van der Waals surface area (Å²) in [6.07, 6.45) is 0. The lowest BCUT2D eigenvalue weighted by Gasteiger charge is -2.03. The molecule has 20 heavy (non-hydrogen) atoms. The lowest BCUT2D eigenvalue weighted by Crippen LogP contribution is -2.12. The molecule has 104 valence electrons. The molecule has 4 nitrogen and oxygen atoms in total. The van der Waals surface area contributed by atoms with E-state index in [2.05, 4.69) is 25.6 Å². The number of thiazole rings is 1. The van der Waals surface area contributed by atoms with Gasteiger partial charge < -0.3 is 0 Å². The van der Waals surface area contributed by atoms with Crippen molar-refractivity contribution in [3.8, 4) is 0 Å². The molecule has 0 spiro atoms. The van der Waals surface area contributed by atoms with Gasteiger partial charge in [0.2, 0.25) is 0 Å². The number of nitrogens with zero attached hydrogens (tertiary/aromatic N) is 1. The predicted molar refractivity (Wildman–Crippen MR) is 87.2 cm³/mol. The second kappa shape index (κ2) is 5.10. The summed E-state index contributed by atoms with van der Waals surface area (Å²) in [6.45, 7) is 1.78. The van der Waals surface area contributed by atoms with Crippen molar-refractivity contribution in [3.05, 3.63) is 39.0 Å². The van der Waals surface area contributed by atoms with Gasteiger partial charge in [-0.15, -0.1) is 11.3 Å². The first-order valence-electron chi connectivity index (χ1n) is 5.60. The topological polar surface area (TPSA) is 59.1 Å². The first-order valence-corrected chi connectivity index (χ1v) is 9.51. The molecule has 1 N–H and O–H groups in total. The van der Waals surface area contributed by atoms with Crippen molar-refractivity contribution < 1.29 is 8.42 Å². The molecule has 0 bridgehead atoms. The number of sulfonamides is 1. The van der Waals surface area contributed by atoms with E-state index in [0.29, 0.717) is 5.13 Å². The molecular weight excluding hydrogens is 380 g/mol. The maximum absolute atomic E-state index is 12.4. The van der Waals surface area contributed by atoms with Crippen molar-refractivity contribution in [2.75, 3.05) is 4.72 Å². The highest BCUT2D eigenvalue weighted by Gasteiger charge is 2.21. The number of anilines is 1. The van der Waals surface area contributed by atoms with E-state index in [-0.39, 0.29) is 4.90 Å². The van der Waals surface area contributed by atoms with Crippen LogP contribution in [0.4, 0.5) is 5.13 Å². The van der Waals surface area contributed by atoms with Crippen LogP contribution in [0.3, 0.4) is 0 Å². The zero-order chi connectivity index (χ0) is 14.3. The van der Waals surface area contributed by atoms with Gasteiger partial charge in [-0.25, -0.2) is 13.4 Å². The van der Waals surface area contributed by atoms with E-state index in [9.17, 15) is 8.42 Å². The van der Waals surface area contributed by atoms with Gasteiger partial charge in [-0.1, -0.05) is 23.5 Å². The molecule has 0 saturated carbocycles. The fourth-order valence-corrected chi connectivity index (χ4v) is 6.30. The molecule has 0 atom stereocenters. The quantitative estimate of drug-likeness (QED) is 0.729. The number of aromatic nitrogens is 1. The number of nitrogens with one attached hydrogen (secondary N) is 1. The number of rotatable bonds is 3. The van der Waals surface area contributed by atoms with E-state index >= 15 is 0 Å². The molecule has 0 saturated heterocycles. The van der Waals surface area contributed by atoms with E-state index in [1.807, 2.05) is 24.3 Å². The number of hydrogen-bond acceptors (Lipinski definition) is 5. The summed E-state index contributed by atoms with van der Waals surface area (Å²) in [5, 5.41) is 0.382. The van der Waals surface area contributed by atoms with Crippen LogP contribution in [0.2, 0.25) is 0 Å². The van der Waals surface area contributed by atoms with Crippen LogP contribution >= 0.6 is 38.6 Å². The van der Waals surface area contributed by atoms with Crippen molar-refractivity contribution in [2.45, 2.75) is 11.8 Å². The van der Waals surface area contributed by atoms with E-state index in [1.54, 1.807) is 13.0 Å². The Kier molecular flexibility index (Phi) is 3.57. The Morgan fingerprint density at radius 2 is 2.00 bits per heavy atom. The smallest absolute Gasteiger partial charge is 0.255 e. The fraction of sp³-hybridized carbons (Fsp3) is 0.0833. The number of halogens is 1. The van der Waals surface area contributed by atoms with Gasteiger partial charge in [0.25, 0.3) is 10.0 Å². The molecule has 0 fully saturated rings. The number of thiophene rings is 1. The largest absolute Gasteiger partial charge is 0.264 e. The van der Waals surface area contributed by atoms with Gasteiger partial charge in [0.1, 0.15) is 4.90 Å². The molecule has 0 aliphatic carbocycles. The van der Waals surface area contributed by atoms with Crippen LogP contribution in [0.5, 0.6) is 0 Å². The maximum Gasteiger partial charge on any atom is 0.264 e. The van der Waals surface area contributed by atoms with Gasteiger partial charge >= 0.3 is 0 Å². The molecule has 0 aliphatic rings. The third-order valence-corrected chi connectivity index (χ3v) is 6.88. The number of fused-ring (bicyclic) bond motifs is 1. The lowest BCUT2D eigenvalue weighted by molar-refractivity contribution is 0.601. The van der Waals surface area contributed by atoms with Gasteiger partial charge in [0, 0.05) is 4.88 Å². The molecule has 3 aromatic rings. The molecule has 0 radical (unpaired) electrons. The highest BCUT2D eigenvalue weighted by atomic mass is 79.9. The van der Waals surface area contributed by atoms with Crippen LogP contribution in [0.25, 0.3) is 10.2 Å². The Morgan fingerprint density at radius 3 is 2.65 bits per heavy atom. The summed E-state index contributed by atoms with van der Waals surface area (Å²) < 4.78 is 29.0. The van der Waals surface area contributed by atoms with Crippen molar-refractivity contribution in [3.63, 3.8) is 0 Å². The summed E-state index contributed by atoms with van der Waals surface area (Å²) >= 11 is 6.02. The Balaban J connectivity index is 1.99. The minimum atomic E-state index is -3.59. The number of benzene rings is 1. The lowest BCUT2D eigenvalue weighted by atomic mass is 10.3. The molecule has 2 aromatic heterocycles. The van der Waals surface area contributed by atoms with Crippen LogP contribution in [0.15, 0.2) is 39.0 Å². The standard InChI is InChI=1S/C12H9BrN2O2S3/c1-7-10(6-11(13)18-7)20(16,17)15-12-14-8-4-2-3-5-9(8)19-12/h2-6H,1H3,(H,14,15). The summed E-state index contributed by atoms with van der Waals surface area (Å²) in [5.41, 5.74) is 0.790. The number of para-hydroxylation sites is 1. The van der Waals surface area contributed by atoms with E-state index in [0.717, 1.165) is 18.9 Å². The van der Waals surface area contributed by atoms with Gasteiger partial charge in [-0.3, -0.25) is 4.72 Å². The van der Waals surface area contributed by atoms with Crippen molar-refractivity contribution in [1.82, 2.24) is 4.98 Å². The van der Waals surface area contributed by atoms with Crippen molar-refractivity contribution in [2.24, 2.45) is 0 Å². The van der Waals surface area contributed by atoms with Gasteiger partial charge in [0.15, 0.2) is 5.13 Å². The average Bonchev–Trinajstić information content (AvgIpc) is 2.91. The van der Waals surface area contributed by atoms with Gasteiger partial charge in [-0.05, 0) is 41.1 Å². The fourth-order valence-electron chi connectivity index (χ4n) is 1.78. The van der Waals surface area contributed by atoms with Gasteiger partial charge in [-0.2, -0.15) is 0 Å². The maximum atomic E-state index is 12.4. The number of aryl methyl sites for hydroxylation is 1. The molecule has 1 aromatic carbocycles. The first-order chi connectivity index (χ1) is 9.45. The minimum absolute atomic E-state index is 0.286. The van der Waals surface area contributed by atoms with Crippen molar-refractivity contribution in [1.29, 1.82) is 0 Å². The predicted octanol–water partition coefficient (Wildman–Crippen LogP) is 4.23.